The van der Waals surface area contributed by atoms with Gasteiger partial charge in [0.15, 0.2) is 0 Å². The predicted molar refractivity (Wildman–Crippen MR) is 126 cm³/mol. The van der Waals surface area contributed by atoms with Gasteiger partial charge in [-0.05, 0) is 41.2 Å². The quantitative estimate of drug-likeness (QED) is 0.207. The van der Waals surface area contributed by atoms with Crippen LogP contribution in [0.4, 0.5) is 11.5 Å². The van der Waals surface area contributed by atoms with E-state index in [1.54, 1.807) is 0 Å². The average Bonchev–Trinajstić information content (AvgIpc) is 3.27. The molecule has 30 heavy (non-hydrogen) atoms. The van der Waals surface area contributed by atoms with Gasteiger partial charge in [0.25, 0.3) is 0 Å². The molecule has 1 aliphatic heterocycles. The summed E-state index contributed by atoms with van der Waals surface area (Å²) < 4.78 is 0. The maximum atomic E-state index is 4.45. The van der Waals surface area contributed by atoms with Crippen molar-refractivity contribution < 1.29 is 31.1 Å². The van der Waals surface area contributed by atoms with Crippen LogP contribution in [0.2, 0.25) is 0 Å². The Bertz CT molecular complexity index is 891. The molecule has 0 saturated heterocycles. The first-order valence-electron chi connectivity index (χ1n) is 11.1. The standard InChI is InChI=1S/C21H16N2.3C2H6.U/c1-2-6-16-14-19-17(13-15(16)5-1)8-9-20-18(19)10-12-23(20)21-7-3-4-11-22-21;3*1-2;/h1-6,8-9,11-12H,10,13-14H2;3*1-2H3;/q-2;;;;+2. The van der Waals surface area contributed by atoms with Crippen molar-refractivity contribution in [3.05, 3.63) is 95.2 Å². The Morgan fingerprint density at radius 2 is 1.47 bits per heavy atom. The molecule has 3 aromatic rings. The maximum absolute atomic E-state index is 4.45. The number of aromatic nitrogens is 1. The smallest absolute Gasteiger partial charge is 0.494 e. The van der Waals surface area contributed by atoms with E-state index in [1.165, 1.54) is 33.5 Å². The second-order valence-corrected chi connectivity index (χ2v) is 6.19. The molecular formula is C27H34N2U. The number of pyridine rings is 1. The van der Waals surface area contributed by atoms with Gasteiger partial charge in [-0.1, -0.05) is 83.6 Å². The molecule has 2 nitrogen and oxygen atoms in total. The van der Waals surface area contributed by atoms with E-state index in [9.17, 15) is 0 Å². The maximum Gasteiger partial charge on any atom is 2.00 e. The van der Waals surface area contributed by atoms with Crippen LogP contribution in [-0.4, -0.2) is 4.98 Å². The van der Waals surface area contributed by atoms with Crippen LogP contribution in [-0.2, 0) is 19.3 Å². The van der Waals surface area contributed by atoms with E-state index in [4.69, 9.17) is 0 Å². The van der Waals surface area contributed by atoms with Crippen molar-refractivity contribution >= 4 is 11.5 Å². The molecule has 1 aliphatic carbocycles. The van der Waals surface area contributed by atoms with Crippen LogP contribution in [0.1, 0.15) is 69.4 Å². The van der Waals surface area contributed by atoms with Crippen LogP contribution >= 0.6 is 0 Å². The minimum Gasteiger partial charge on any atom is -0.494 e. The SMILES string of the molecule is CC.CC.CC.[U+2].[c-]1cccnc1N1[CH-]Cc2c1ccc1c2Cc2ccccc2C1. The molecule has 156 valence electrons. The molecule has 2 heterocycles. The van der Waals surface area contributed by atoms with Crippen LogP contribution in [0.25, 0.3) is 0 Å². The number of benzene rings is 2. The zero-order valence-corrected chi connectivity index (χ0v) is 23.5. The summed E-state index contributed by atoms with van der Waals surface area (Å²) in [4.78, 5) is 6.62. The molecule has 0 bridgehead atoms. The second kappa shape index (κ2) is 13.7. The van der Waals surface area contributed by atoms with Crippen LogP contribution in [0.5, 0.6) is 0 Å². The van der Waals surface area contributed by atoms with E-state index in [0.29, 0.717) is 0 Å². The molecule has 0 N–H and O–H groups in total. The van der Waals surface area contributed by atoms with Crippen LogP contribution in [0.3, 0.4) is 0 Å². The Morgan fingerprint density at radius 1 is 0.800 bits per heavy atom. The number of fused-ring (bicyclic) bond motifs is 4. The Hall–Kier alpha value is -1.56. The first-order valence-corrected chi connectivity index (χ1v) is 11.1. The molecule has 0 radical (unpaired) electrons. The summed E-state index contributed by atoms with van der Waals surface area (Å²) in [6.45, 7) is 14.2. The van der Waals surface area contributed by atoms with Gasteiger partial charge in [0.2, 0.25) is 0 Å². The molecule has 0 spiro atoms. The number of hydrogen-bond acceptors (Lipinski definition) is 2. The van der Waals surface area contributed by atoms with E-state index < -0.39 is 0 Å². The van der Waals surface area contributed by atoms with Gasteiger partial charge in [-0.25, -0.2) is 18.7 Å². The summed E-state index contributed by atoms with van der Waals surface area (Å²) in [5.74, 6) is 0.877. The van der Waals surface area contributed by atoms with Crippen molar-refractivity contribution in [3.8, 4) is 0 Å². The Morgan fingerprint density at radius 3 is 2.10 bits per heavy atom. The zero-order chi connectivity index (χ0) is 21.2. The van der Waals surface area contributed by atoms with Crippen molar-refractivity contribution in [2.45, 2.75) is 60.8 Å². The molecule has 5 rings (SSSR count). The predicted octanol–water partition coefficient (Wildman–Crippen LogP) is 7.31. The van der Waals surface area contributed by atoms with E-state index in [1.807, 2.05) is 59.9 Å². The minimum atomic E-state index is 0. The third-order valence-corrected chi connectivity index (χ3v) is 4.93. The molecule has 0 fully saturated rings. The van der Waals surface area contributed by atoms with Crippen molar-refractivity contribution in [3.63, 3.8) is 0 Å². The van der Waals surface area contributed by atoms with Crippen LogP contribution in [0.15, 0.2) is 54.7 Å². The van der Waals surface area contributed by atoms with Crippen molar-refractivity contribution in [1.82, 2.24) is 4.98 Å². The third-order valence-electron chi connectivity index (χ3n) is 4.93. The van der Waals surface area contributed by atoms with E-state index in [0.717, 1.165) is 25.1 Å². The number of hydrogen-bond donors (Lipinski definition) is 0. The summed E-state index contributed by atoms with van der Waals surface area (Å²) in [6, 6.07) is 20.4. The molecule has 3 heteroatoms. The summed E-state index contributed by atoms with van der Waals surface area (Å²) in [7, 11) is 0. The fourth-order valence-corrected chi connectivity index (χ4v) is 3.80. The van der Waals surface area contributed by atoms with Crippen LogP contribution in [0, 0.1) is 43.7 Å². The van der Waals surface area contributed by atoms with Crippen molar-refractivity contribution in [2.75, 3.05) is 4.90 Å². The van der Waals surface area contributed by atoms with Crippen molar-refractivity contribution in [1.29, 1.82) is 0 Å². The topological polar surface area (TPSA) is 16.1 Å². The van der Waals surface area contributed by atoms with Crippen LogP contribution < -0.4 is 4.90 Å². The summed E-state index contributed by atoms with van der Waals surface area (Å²) in [6.07, 6.45) is 4.90. The Kier molecular flexibility index (Phi) is 12.1. The Labute approximate surface area is 207 Å². The molecule has 0 saturated carbocycles. The molecule has 0 amide bonds. The molecule has 2 aromatic carbocycles. The second-order valence-electron chi connectivity index (χ2n) is 6.19. The normalized spacial score (nSPS) is 12.1. The summed E-state index contributed by atoms with van der Waals surface area (Å²) >= 11 is 0. The van der Waals surface area contributed by atoms with Gasteiger partial charge in [0, 0.05) is 11.5 Å². The molecular weight excluding hydrogens is 590 g/mol. The van der Waals surface area contributed by atoms with E-state index in [-0.39, 0.29) is 31.1 Å². The number of rotatable bonds is 1. The van der Waals surface area contributed by atoms with Gasteiger partial charge in [-0.2, -0.15) is 6.07 Å². The fraction of sp³-hybridized carbons (Fsp3) is 0.333. The monoisotopic (exact) mass is 624 g/mol. The van der Waals surface area contributed by atoms with E-state index >= 15 is 0 Å². The van der Waals surface area contributed by atoms with Gasteiger partial charge in [0.1, 0.15) is 0 Å². The molecule has 1 aromatic heterocycles. The average molecular weight is 625 g/mol. The van der Waals surface area contributed by atoms with Gasteiger partial charge in [0.05, 0.1) is 0 Å². The zero-order valence-electron chi connectivity index (χ0n) is 19.3. The summed E-state index contributed by atoms with van der Waals surface area (Å²) in [5.41, 5.74) is 8.64. The molecule has 2 aliphatic rings. The van der Waals surface area contributed by atoms with E-state index in [2.05, 4.69) is 58.9 Å². The first-order chi connectivity index (χ1) is 14.4. The van der Waals surface area contributed by atoms with Crippen molar-refractivity contribution in [2.24, 2.45) is 0 Å². The molecule has 0 unspecified atom stereocenters. The van der Waals surface area contributed by atoms with Gasteiger partial charge < -0.3 is 4.90 Å². The van der Waals surface area contributed by atoms with Gasteiger partial charge in [-0.15, -0.1) is 6.42 Å². The fourth-order valence-electron chi connectivity index (χ4n) is 3.80. The number of nitrogens with zero attached hydrogens (tertiary/aromatic N) is 2. The number of anilines is 2. The minimum absolute atomic E-state index is 0. The molecule has 0 atom stereocenters. The third kappa shape index (κ3) is 5.57. The summed E-state index contributed by atoms with van der Waals surface area (Å²) in [5, 5.41) is 0. The van der Waals surface area contributed by atoms with Gasteiger partial charge >= 0.3 is 31.1 Å². The first kappa shape index (κ1) is 26.5. The Balaban J connectivity index is 0.000000595. The van der Waals surface area contributed by atoms with Gasteiger partial charge in [-0.3, -0.25) is 4.98 Å². The largest absolute Gasteiger partial charge is 2.00 e.